The van der Waals surface area contributed by atoms with Crippen LogP contribution in [0.25, 0.3) is 16.8 Å². The van der Waals surface area contributed by atoms with Gasteiger partial charge in [0, 0.05) is 25.3 Å². The minimum Gasteiger partial charge on any atom is -0.368 e. The van der Waals surface area contributed by atoms with E-state index in [9.17, 15) is 5.26 Å². The van der Waals surface area contributed by atoms with Crippen molar-refractivity contribution >= 4 is 22.8 Å². The molecule has 4 heterocycles. The lowest BCUT2D eigenvalue weighted by Crippen LogP contribution is -2.46. The highest BCUT2D eigenvalue weighted by atomic mass is 19.1. The summed E-state index contributed by atoms with van der Waals surface area (Å²) < 4.78 is 31.7. The fourth-order valence-corrected chi connectivity index (χ4v) is 4.82. The quantitative estimate of drug-likeness (QED) is 0.404. The highest BCUT2D eigenvalue weighted by Crippen LogP contribution is 2.33. The molecule has 1 aliphatic rings. The fraction of sp³-hybridized carbons (Fsp3) is 0.333. The molecule has 190 valence electrons. The van der Waals surface area contributed by atoms with Crippen molar-refractivity contribution < 1.29 is 8.78 Å². The zero-order valence-corrected chi connectivity index (χ0v) is 20.9. The largest absolute Gasteiger partial charge is 0.368 e. The van der Waals surface area contributed by atoms with Crippen molar-refractivity contribution in [3.63, 3.8) is 0 Å². The molecule has 0 bridgehead atoms. The van der Waals surface area contributed by atoms with Crippen molar-refractivity contribution in [1.82, 2.24) is 19.6 Å². The lowest BCUT2D eigenvalue weighted by atomic mass is 9.85. The van der Waals surface area contributed by atoms with Gasteiger partial charge < -0.3 is 16.0 Å². The maximum absolute atomic E-state index is 15.1. The number of aromatic nitrogens is 4. The Balaban J connectivity index is 1.51. The third kappa shape index (κ3) is 4.70. The van der Waals surface area contributed by atoms with Gasteiger partial charge in [0.15, 0.2) is 0 Å². The third-order valence-corrected chi connectivity index (χ3v) is 6.76. The minimum absolute atomic E-state index is 0.0798. The number of hydrogen-bond donors (Lipinski definition) is 2. The Labute approximate surface area is 213 Å². The molecule has 3 N–H and O–H groups in total. The van der Waals surface area contributed by atoms with Gasteiger partial charge in [0.1, 0.15) is 11.6 Å². The van der Waals surface area contributed by atoms with E-state index in [0.29, 0.717) is 17.4 Å². The Morgan fingerprint density at radius 2 is 1.89 bits per heavy atom. The summed E-state index contributed by atoms with van der Waals surface area (Å²) in [7, 11) is 0. The van der Waals surface area contributed by atoms with Crippen molar-refractivity contribution in [3.05, 3.63) is 66.1 Å². The summed E-state index contributed by atoms with van der Waals surface area (Å²) >= 11 is 0. The predicted octanol–water partition coefficient (Wildman–Crippen LogP) is 4.79. The SMILES string of the molecule is C[C@@H]1C[C@H](N)CN(c2ccncc2Nc2ncc3ccc(-c4c(F)cc(C(C)(C)C#N)cc4F)nn23)C1. The Morgan fingerprint density at radius 1 is 1.14 bits per heavy atom. The minimum atomic E-state index is -1.03. The fourth-order valence-electron chi connectivity index (χ4n) is 4.82. The van der Waals surface area contributed by atoms with Gasteiger partial charge in [0.2, 0.25) is 5.95 Å². The van der Waals surface area contributed by atoms with Gasteiger partial charge >= 0.3 is 0 Å². The molecule has 8 nitrogen and oxygen atoms in total. The molecule has 1 fully saturated rings. The summed E-state index contributed by atoms with van der Waals surface area (Å²) in [6.07, 6.45) is 6.04. The van der Waals surface area contributed by atoms with Crippen LogP contribution in [0.5, 0.6) is 0 Å². The van der Waals surface area contributed by atoms with E-state index < -0.39 is 17.0 Å². The molecule has 5 rings (SSSR count). The molecule has 10 heteroatoms. The van der Waals surface area contributed by atoms with Crippen LogP contribution in [0, 0.1) is 28.9 Å². The maximum atomic E-state index is 15.1. The molecule has 0 aliphatic carbocycles. The molecular weight excluding hydrogens is 474 g/mol. The number of nitrogens with zero attached hydrogens (tertiary/aromatic N) is 6. The van der Waals surface area contributed by atoms with E-state index >= 15 is 8.78 Å². The molecule has 37 heavy (non-hydrogen) atoms. The number of nitrogens with one attached hydrogen (secondary N) is 1. The van der Waals surface area contributed by atoms with Crippen LogP contribution in [-0.2, 0) is 5.41 Å². The van der Waals surface area contributed by atoms with Crippen LogP contribution < -0.4 is 16.0 Å². The Morgan fingerprint density at radius 3 is 2.59 bits per heavy atom. The van der Waals surface area contributed by atoms with Crippen LogP contribution in [0.1, 0.15) is 32.8 Å². The Hall–Kier alpha value is -4.10. The van der Waals surface area contributed by atoms with E-state index in [1.807, 2.05) is 6.07 Å². The second-order valence-corrected chi connectivity index (χ2v) is 10.2. The maximum Gasteiger partial charge on any atom is 0.229 e. The van der Waals surface area contributed by atoms with Crippen LogP contribution >= 0.6 is 0 Å². The van der Waals surface area contributed by atoms with Crippen molar-refractivity contribution in [2.24, 2.45) is 11.7 Å². The van der Waals surface area contributed by atoms with E-state index in [2.05, 4.69) is 38.3 Å². The van der Waals surface area contributed by atoms with Gasteiger partial charge in [-0.15, -0.1) is 0 Å². The van der Waals surface area contributed by atoms with Crippen LogP contribution in [0.2, 0.25) is 0 Å². The number of hydrogen-bond acceptors (Lipinski definition) is 7. The van der Waals surface area contributed by atoms with E-state index in [4.69, 9.17) is 5.73 Å². The third-order valence-electron chi connectivity index (χ3n) is 6.76. The number of fused-ring (bicyclic) bond motifs is 1. The molecule has 1 aliphatic heterocycles. The van der Waals surface area contributed by atoms with Gasteiger partial charge in [-0.3, -0.25) is 4.98 Å². The Kier molecular flexibility index (Phi) is 6.25. The molecule has 3 aromatic heterocycles. The summed E-state index contributed by atoms with van der Waals surface area (Å²) in [5.74, 6) is -0.741. The number of nitrogens with two attached hydrogens (primary N) is 1. The monoisotopic (exact) mass is 502 g/mol. The first-order valence-electron chi connectivity index (χ1n) is 12.1. The van der Waals surface area contributed by atoms with E-state index in [0.717, 1.165) is 30.9 Å². The van der Waals surface area contributed by atoms with Crippen LogP contribution in [0.4, 0.5) is 26.1 Å². The highest BCUT2D eigenvalue weighted by Gasteiger charge is 2.26. The number of halogens is 2. The zero-order chi connectivity index (χ0) is 26.3. The van der Waals surface area contributed by atoms with E-state index in [1.165, 1.54) is 16.6 Å². The van der Waals surface area contributed by atoms with Crippen molar-refractivity contribution in [1.29, 1.82) is 5.26 Å². The summed E-state index contributed by atoms with van der Waals surface area (Å²) in [5, 5.41) is 17.1. The molecular formula is C27H28F2N8. The standard InChI is InChI=1S/C27H28F2N8/c1-16-8-18(31)14-36(13-16)24-6-7-32-12-23(24)34-26-33-11-19-4-5-22(35-37(19)26)25-20(28)9-17(10-21(25)29)27(2,3)15-30/h4-7,9-12,16,18H,8,13-14,31H2,1-3H3,(H,33,34)/t16-,18+/m1/s1. The van der Waals surface area contributed by atoms with Gasteiger partial charge in [-0.25, -0.2) is 13.8 Å². The number of anilines is 3. The predicted molar refractivity (Wildman–Crippen MR) is 138 cm³/mol. The highest BCUT2D eigenvalue weighted by molar-refractivity contribution is 5.74. The van der Waals surface area contributed by atoms with Crippen molar-refractivity contribution in [2.75, 3.05) is 23.3 Å². The molecule has 1 saturated heterocycles. The first kappa shape index (κ1) is 24.6. The van der Waals surface area contributed by atoms with Gasteiger partial charge in [-0.05, 0) is 62.1 Å². The Bertz CT molecular complexity index is 1470. The first-order chi connectivity index (χ1) is 17.7. The molecule has 0 unspecified atom stereocenters. The summed E-state index contributed by atoms with van der Waals surface area (Å²) in [6, 6.07) is 9.69. The number of rotatable bonds is 5. The zero-order valence-electron chi connectivity index (χ0n) is 20.9. The lowest BCUT2D eigenvalue weighted by Gasteiger charge is -2.37. The summed E-state index contributed by atoms with van der Waals surface area (Å²) in [5.41, 5.74) is 7.65. The molecule has 1 aromatic carbocycles. The molecule has 0 amide bonds. The number of pyridine rings is 1. The smallest absolute Gasteiger partial charge is 0.229 e. The molecule has 0 saturated carbocycles. The van der Waals surface area contributed by atoms with Crippen LogP contribution in [0.3, 0.4) is 0 Å². The van der Waals surface area contributed by atoms with Crippen molar-refractivity contribution in [2.45, 2.75) is 38.6 Å². The number of imidazole rings is 1. The topological polar surface area (TPSA) is 108 Å². The van der Waals surface area contributed by atoms with Crippen LogP contribution in [-0.4, -0.2) is 38.7 Å². The average molecular weight is 503 g/mol. The van der Waals surface area contributed by atoms with E-state index in [1.54, 1.807) is 44.6 Å². The summed E-state index contributed by atoms with van der Waals surface area (Å²) in [6.45, 7) is 7.00. The van der Waals surface area contributed by atoms with Gasteiger partial charge in [0.25, 0.3) is 0 Å². The molecule has 0 spiro atoms. The number of nitriles is 1. The molecule has 0 radical (unpaired) electrons. The number of benzene rings is 1. The van der Waals surface area contributed by atoms with Gasteiger partial charge in [-0.1, -0.05) is 6.92 Å². The van der Waals surface area contributed by atoms with Gasteiger partial charge in [0.05, 0.1) is 52.0 Å². The van der Waals surface area contributed by atoms with Gasteiger partial charge in [-0.2, -0.15) is 14.9 Å². The molecule has 2 atom stereocenters. The normalized spacial score (nSPS) is 18.1. The van der Waals surface area contributed by atoms with Crippen molar-refractivity contribution in [3.8, 4) is 17.3 Å². The second-order valence-electron chi connectivity index (χ2n) is 10.2. The van der Waals surface area contributed by atoms with E-state index in [-0.39, 0.29) is 22.9 Å². The summed E-state index contributed by atoms with van der Waals surface area (Å²) in [4.78, 5) is 10.9. The molecule has 4 aromatic rings. The second kappa shape index (κ2) is 9.41. The lowest BCUT2D eigenvalue weighted by molar-refractivity contribution is 0.402. The van der Waals surface area contributed by atoms with Crippen LogP contribution in [0.15, 0.2) is 48.9 Å². The first-order valence-corrected chi connectivity index (χ1v) is 12.1. The average Bonchev–Trinajstić information content (AvgIpc) is 3.25. The number of piperidine rings is 1.